The highest BCUT2D eigenvalue weighted by Gasteiger charge is 2.31. The zero-order chi connectivity index (χ0) is 25.2. The molecule has 1 unspecified atom stereocenters. The van der Waals surface area contributed by atoms with Crippen LogP contribution in [-0.2, 0) is 12.8 Å². The molecule has 1 aliphatic carbocycles. The smallest absolute Gasteiger partial charge is 0.277 e. The van der Waals surface area contributed by atoms with Crippen molar-refractivity contribution in [3.8, 4) is 0 Å². The number of non-ortho nitro benzene ring substituents is 1. The summed E-state index contributed by atoms with van der Waals surface area (Å²) in [6.45, 7) is 4.76. The summed E-state index contributed by atoms with van der Waals surface area (Å²) in [5.74, 6) is 0. The van der Waals surface area contributed by atoms with E-state index in [9.17, 15) is 10.1 Å². The fraction of sp³-hybridized carbons (Fsp3) is 0.258. The minimum atomic E-state index is -0.293. The Labute approximate surface area is 217 Å². The van der Waals surface area contributed by atoms with E-state index in [2.05, 4.69) is 52.3 Å². The van der Waals surface area contributed by atoms with Gasteiger partial charge in [-0.1, -0.05) is 72.8 Å². The molecule has 2 heterocycles. The second-order valence-corrected chi connectivity index (χ2v) is 9.86. The van der Waals surface area contributed by atoms with Crippen LogP contribution in [0.5, 0.6) is 0 Å². The Morgan fingerprint density at radius 1 is 0.892 bits per heavy atom. The van der Waals surface area contributed by atoms with E-state index >= 15 is 0 Å². The fourth-order valence-electron chi connectivity index (χ4n) is 5.92. The molecule has 0 N–H and O–H groups in total. The van der Waals surface area contributed by atoms with Crippen molar-refractivity contribution in [2.24, 2.45) is 0 Å². The molecule has 0 radical (unpaired) electrons. The van der Waals surface area contributed by atoms with Crippen LogP contribution in [0.1, 0.15) is 34.0 Å². The number of fused-ring (bicyclic) bond motifs is 3. The van der Waals surface area contributed by atoms with E-state index in [1.165, 1.54) is 22.4 Å². The van der Waals surface area contributed by atoms with Crippen LogP contribution in [0, 0.1) is 10.1 Å². The van der Waals surface area contributed by atoms with Gasteiger partial charge in [0.1, 0.15) is 0 Å². The quantitative estimate of drug-likeness (QED) is 0.267. The van der Waals surface area contributed by atoms with Gasteiger partial charge in [0.2, 0.25) is 0 Å². The van der Waals surface area contributed by atoms with Gasteiger partial charge in [-0.15, -0.1) is 0 Å². The Morgan fingerprint density at radius 2 is 1.68 bits per heavy atom. The van der Waals surface area contributed by atoms with Crippen LogP contribution in [0.15, 0.2) is 85.1 Å². The Morgan fingerprint density at radius 3 is 2.51 bits per heavy atom. The maximum atomic E-state index is 11.6. The normalized spacial score (nSPS) is 18.4. The van der Waals surface area contributed by atoms with Crippen molar-refractivity contribution in [2.45, 2.75) is 18.9 Å². The van der Waals surface area contributed by atoms with Gasteiger partial charge in [-0.2, -0.15) is 0 Å². The van der Waals surface area contributed by atoms with Gasteiger partial charge >= 0.3 is 0 Å². The van der Waals surface area contributed by atoms with Gasteiger partial charge in [-0.3, -0.25) is 24.9 Å². The maximum absolute atomic E-state index is 11.6. The van der Waals surface area contributed by atoms with Gasteiger partial charge in [0.05, 0.1) is 16.4 Å². The summed E-state index contributed by atoms with van der Waals surface area (Å²) in [6, 6.07) is 24.5. The van der Waals surface area contributed by atoms with Crippen LogP contribution in [0.4, 0.5) is 5.69 Å². The molecule has 1 aromatic heterocycles. The predicted molar refractivity (Wildman–Crippen MR) is 148 cm³/mol. The topological polar surface area (TPSA) is 62.5 Å². The number of nitro benzene ring substituents is 1. The van der Waals surface area contributed by atoms with Crippen LogP contribution < -0.4 is 0 Å². The van der Waals surface area contributed by atoms with Gasteiger partial charge in [-0.25, -0.2) is 0 Å². The van der Waals surface area contributed by atoms with Crippen molar-refractivity contribution in [3.05, 3.63) is 123 Å². The first-order valence-electron chi connectivity index (χ1n) is 13.0. The molecule has 1 saturated heterocycles. The monoisotopic (exact) mass is 490 g/mol. The average Bonchev–Trinajstić information content (AvgIpc) is 3.10. The van der Waals surface area contributed by atoms with Crippen LogP contribution >= 0.6 is 0 Å². The zero-order valence-corrected chi connectivity index (χ0v) is 20.8. The number of hydrogen-bond donors (Lipinski definition) is 0. The Balaban J connectivity index is 1.18. The summed E-state index contributed by atoms with van der Waals surface area (Å²) in [5.41, 5.74) is 6.46. The molecule has 3 aromatic carbocycles. The molecule has 0 saturated carbocycles. The number of rotatable bonds is 5. The molecule has 6 heteroatoms. The minimum absolute atomic E-state index is 0.157. The van der Waals surface area contributed by atoms with Crippen molar-refractivity contribution < 1.29 is 4.92 Å². The first kappa shape index (κ1) is 23.5. The molecule has 186 valence electrons. The molecule has 0 amide bonds. The summed E-state index contributed by atoms with van der Waals surface area (Å²) >= 11 is 0. The second kappa shape index (κ2) is 10.2. The molecule has 6 nitrogen and oxygen atoms in total. The van der Waals surface area contributed by atoms with Crippen LogP contribution in [0.2, 0.25) is 0 Å². The molecule has 0 bridgehead atoms. The SMILES string of the molecule is O=[N+]([O-])c1cccc2cccc(/C=C/CN3CCN(C4c5ccccc5CCc5ncccc54)CC3)c12. The number of piperazine rings is 1. The maximum Gasteiger partial charge on any atom is 0.277 e. The van der Waals surface area contributed by atoms with Gasteiger partial charge in [-0.05, 0) is 46.5 Å². The minimum Gasteiger partial charge on any atom is -0.297 e. The summed E-state index contributed by atoms with van der Waals surface area (Å²) in [5, 5.41) is 13.2. The molecule has 37 heavy (non-hydrogen) atoms. The van der Waals surface area contributed by atoms with Gasteiger partial charge in [0, 0.05) is 50.7 Å². The number of aromatic nitrogens is 1. The third-order valence-corrected chi connectivity index (χ3v) is 7.75. The van der Waals surface area contributed by atoms with Crippen molar-refractivity contribution in [1.82, 2.24) is 14.8 Å². The molecule has 1 fully saturated rings. The fourth-order valence-corrected chi connectivity index (χ4v) is 5.92. The summed E-state index contributed by atoms with van der Waals surface area (Å²) in [4.78, 5) is 21.1. The van der Waals surface area contributed by atoms with Crippen LogP contribution in [-0.4, -0.2) is 52.4 Å². The number of benzene rings is 3. The molecule has 2 aliphatic rings. The third kappa shape index (κ3) is 4.66. The van der Waals surface area contributed by atoms with E-state index in [1.807, 2.05) is 36.5 Å². The van der Waals surface area contributed by atoms with E-state index in [4.69, 9.17) is 4.98 Å². The highest BCUT2D eigenvalue weighted by molar-refractivity contribution is 5.97. The Kier molecular flexibility index (Phi) is 6.51. The van der Waals surface area contributed by atoms with E-state index < -0.39 is 0 Å². The van der Waals surface area contributed by atoms with E-state index in [1.54, 1.807) is 12.1 Å². The van der Waals surface area contributed by atoms with Crippen molar-refractivity contribution in [3.63, 3.8) is 0 Å². The molecular formula is C31H30N4O2. The van der Waals surface area contributed by atoms with Crippen molar-refractivity contribution in [2.75, 3.05) is 32.7 Å². The number of pyridine rings is 1. The number of aryl methyl sites for hydroxylation is 2. The molecule has 6 rings (SSSR count). The molecular weight excluding hydrogens is 460 g/mol. The summed E-state index contributed by atoms with van der Waals surface area (Å²) < 4.78 is 0. The molecule has 1 atom stereocenters. The van der Waals surface area contributed by atoms with E-state index in [0.717, 1.165) is 56.5 Å². The zero-order valence-electron chi connectivity index (χ0n) is 20.8. The van der Waals surface area contributed by atoms with Crippen LogP contribution in [0.25, 0.3) is 16.8 Å². The third-order valence-electron chi connectivity index (χ3n) is 7.75. The molecule has 1 aliphatic heterocycles. The van der Waals surface area contributed by atoms with E-state index in [-0.39, 0.29) is 16.7 Å². The largest absolute Gasteiger partial charge is 0.297 e. The predicted octanol–water partition coefficient (Wildman–Crippen LogP) is 5.66. The lowest BCUT2D eigenvalue weighted by Crippen LogP contribution is -2.47. The standard InChI is InChI=1S/C31H30N4O2/c36-35(37)29-14-4-10-24-8-3-9-25(30(24)29)11-6-18-33-19-21-34(22-20-33)31-26-12-2-1-7-23(26)15-16-28-27(31)13-5-17-32-28/h1-14,17,31H,15-16,18-22H2/b11-6+. The average molecular weight is 491 g/mol. The number of nitrogens with zero attached hydrogens (tertiary/aromatic N) is 4. The Bertz CT molecular complexity index is 1420. The number of hydrogen-bond acceptors (Lipinski definition) is 5. The lowest BCUT2D eigenvalue weighted by molar-refractivity contribution is -0.383. The second-order valence-electron chi connectivity index (χ2n) is 9.86. The van der Waals surface area contributed by atoms with Gasteiger partial charge < -0.3 is 0 Å². The summed E-state index contributed by atoms with van der Waals surface area (Å²) in [6.07, 6.45) is 8.11. The summed E-state index contributed by atoms with van der Waals surface area (Å²) in [7, 11) is 0. The number of nitro groups is 1. The van der Waals surface area contributed by atoms with Crippen molar-refractivity contribution in [1.29, 1.82) is 0 Å². The lowest BCUT2D eigenvalue weighted by atomic mass is 9.94. The first-order valence-corrected chi connectivity index (χ1v) is 13.0. The lowest BCUT2D eigenvalue weighted by Gasteiger charge is -2.40. The van der Waals surface area contributed by atoms with Gasteiger partial charge in [0.15, 0.2) is 0 Å². The highest BCUT2D eigenvalue weighted by Crippen LogP contribution is 2.36. The van der Waals surface area contributed by atoms with E-state index in [0.29, 0.717) is 5.39 Å². The first-order chi connectivity index (χ1) is 18.2. The molecule has 0 spiro atoms. The van der Waals surface area contributed by atoms with Crippen LogP contribution in [0.3, 0.4) is 0 Å². The van der Waals surface area contributed by atoms with Crippen molar-refractivity contribution >= 4 is 22.5 Å². The Hall–Kier alpha value is -3.87. The highest BCUT2D eigenvalue weighted by atomic mass is 16.6. The molecule has 4 aromatic rings. The van der Waals surface area contributed by atoms with Gasteiger partial charge in [0.25, 0.3) is 5.69 Å².